The maximum atomic E-state index is 12.5. The van der Waals surface area contributed by atoms with Crippen molar-refractivity contribution in [1.29, 1.82) is 0 Å². The van der Waals surface area contributed by atoms with Gasteiger partial charge < -0.3 is 5.32 Å². The highest BCUT2D eigenvalue weighted by Gasteiger charge is 2.16. The Labute approximate surface area is 186 Å². The molecule has 32 heavy (non-hydrogen) atoms. The van der Waals surface area contributed by atoms with Crippen LogP contribution in [0.2, 0.25) is 0 Å². The average Bonchev–Trinajstić information content (AvgIpc) is 2.75. The molecule has 0 saturated heterocycles. The van der Waals surface area contributed by atoms with Gasteiger partial charge in [-0.1, -0.05) is 22.6 Å². The number of carbonyl (C=O) groups is 1. The van der Waals surface area contributed by atoms with Crippen molar-refractivity contribution < 1.29 is 26.5 Å². The number of hydrogen-bond acceptors (Lipinski definition) is 6. The molecule has 3 aromatic carbocycles. The van der Waals surface area contributed by atoms with Crippen LogP contribution in [0.25, 0.3) is 0 Å². The van der Waals surface area contributed by atoms with Crippen LogP contribution in [-0.2, 0) is 24.9 Å². The van der Waals surface area contributed by atoms with Crippen molar-refractivity contribution in [1.82, 2.24) is 4.89 Å². The highest BCUT2D eigenvalue weighted by molar-refractivity contribution is 7.92. The molecule has 9 nitrogen and oxygen atoms in total. The maximum absolute atomic E-state index is 12.5. The molecule has 168 valence electrons. The van der Waals surface area contributed by atoms with E-state index < -0.39 is 26.0 Å². The summed E-state index contributed by atoms with van der Waals surface area (Å²) < 4.78 is 51.1. The molecule has 0 aliphatic rings. The van der Waals surface area contributed by atoms with Crippen LogP contribution in [0.1, 0.15) is 15.9 Å². The van der Waals surface area contributed by atoms with Gasteiger partial charge in [-0.3, -0.25) is 14.4 Å². The second-order valence-electron chi connectivity index (χ2n) is 6.77. The second-order valence-corrected chi connectivity index (χ2v) is 10.1. The summed E-state index contributed by atoms with van der Waals surface area (Å²) in [6.45, 7) is 1.87. The van der Waals surface area contributed by atoms with Crippen molar-refractivity contribution in [2.24, 2.45) is 0 Å². The van der Waals surface area contributed by atoms with Crippen LogP contribution >= 0.6 is 0 Å². The van der Waals surface area contributed by atoms with E-state index in [9.17, 15) is 21.6 Å². The zero-order valence-corrected chi connectivity index (χ0v) is 18.8. The molecular formula is C21H21N3O6S2. The van der Waals surface area contributed by atoms with Crippen molar-refractivity contribution in [2.45, 2.75) is 16.7 Å². The largest absolute Gasteiger partial charge is 0.322 e. The number of sulfonamides is 2. The summed E-state index contributed by atoms with van der Waals surface area (Å²) in [6, 6.07) is 17.9. The number of rotatable bonds is 8. The summed E-state index contributed by atoms with van der Waals surface area (Å²) in [7, 11) is -6.37. The Morgan fingerprint density at radius 1 is 0.719 bits per heavy atom. The van der Waals surface area contributed by atoms with Crippen molar-refractivity contribution in [3.63, 3.8) is 0 Å². The monoisotopic (exact) mass is 475 g/mol. The van der Waals surface area contributed by atoms with Crippen LogP contribution in [0.4, 0.5) is 11.4 Å². The molecule has 0 radical (unpaired) electrons. The Morgan fingerprint density at radius 3 is 1.78 bits per heavy atom. The molecule has 0 spiro atoms. The Hall–Kier alpha value is -3.25. The minimum Gasteiger partial charge on any atom is -0.322 e. The summed E-state index contributed by atoms with van der Waals surface area (Å²) in [5, 5.41) is 2.66. The van der Waals surface area contributed by atoms with E-state index in [1.165, 1.54) is 55.6 Å². The molecule has 3 N–H and O–H groups in total. The fourth-order valence-corrected chi connectivity index (χ4v) is 4.57. The first-order chi connectivity index (χ1) is 15.1. The number of benzene rings is 3. The molecule has 0 unspecified atom stereocenters. The summed E-state index contributed by atoms with van der Waals surface area (Å²) in [5.41, 5.74) is 1.97. The topological polar surface area (TPSA) is 131 Å². The molecule has 0 bridgehead atoms. The van der Waals surface area contributed by atoms with E-state index in [1.807, 2.05) is 11.8 Å². The van der Waals surface area contributed by atoms with Gasteiger partial charge >= 0.3 is 0 Å². The van der Waals surface area contributed by atoms with Crippen molar-refractivity contribution in [3.8, 4) is 0 Å². The van der Waals surface area contributed by atoms with Crippen LogP contribution in [0, 0.1) is 6.92 Å². The molecule has 0 aromatic heterocycles. The fourth-order valence-electron chi connectivity index (χ4n) is 2.70. The molecule has 0 heterocycles. The van der Waals surface area contributed by atoms with Gasteiger partial charge in [0.15, 0.2) is 0 Å². The Morgan fingerprint density at radius 2 is 1.22 bits per heavy atom. The predicted octanol–water partition coefficient (Wildman–Crippen LogP) is 2.89. The highest BCUT2D eigenvalue weighted by Crippen LogP contribution is 2.19. The van der Waals surface area contributed by atoms with Crippen LogP contribution in [0.3, 0.4) is 0 Å². The van der Waals surface area contributed by atoms with Gasteiger partial charge in [-0.25, -0.2) is 16.8 Å². The van der Waals surface area contributed by atoms with Crippen LogP contribution in [-0.4, -0.2) is 29.9 Å². The summed E-state index contributed by atoms with van der Waals surface area (Å²) in [6.07, 6.45) is 0. The van der Waals surface area contributed by atoms with Crippen LogP contribution in [0.5, 0.6) is 0 Å². The molecule has 1 amide bonds. The van der Waals surface area contributed by atoms with Gasteiger partial charge in [0.25, 0.3) is 26.0 Å². The molecule has 3 aromatic rings. The van der Waals surface area contributed by atoms with Crippen molar-refractivity contribution in [3.05, 3.63) is 83.9 Å². The van der Waals surface area contributed by atoms with Crippen LogP contribution < -0.4 is 14.9 Å². The number of nitrogens with one attached hydrogen (secondary N) is 3. The van der Waals surface area contributed by atoms with E-state index >= 15 is 0 Å². The number of anilines is 2. The Balaban J connectivity index is 1.66. The van der Waals surface area contributed by atoms with Crippen molar-refractivity contribution >= 4 is 37.3 Å². The third-order valence-corrected chi connectivity index (χ3v) is 7.02. The zero-order chi connectivity index (χ0) is 23.4. The van der Waals surface area contributed by atoms with Gasteiger partial charge in [0.2, 0.25) is 0 Å². The van der Waals surface area contributed by atoms with Gasteiger partial charge in [-0.15, -0.1) is 0 Å². The van der Waals surface area contributed by atoms with Gasteiger partial charge in [0, 0.05) is 16.9 Å². The molecule has 0 fully saturated rings. The summed E-state index contributed by atoms with van der Waals surface area (Å²) in [4.78, 5) is 18.8. The molecular weight excluding hydrogens is 454 g/mol. The van der Waals surface area contributed by atoms with E-state index in [4.69, 9.17) is 0 Å². The third kappa shape index (κ3) is 5.71. The van der Waals surface area contributed by atoms with E-state index in [-0.39, 0.29) is 15.4 Å². The smallest absolute Gasteiger partial charge is 0.262 e. The molecule has 0 atom stereocenters. The summed E-state index contributed by atoms with van der Waals surface area (Å²) in [5.74, 6) is -0.457. The third-order valence-electron chi connectivity index (χ3n) is 4.35. The lowest BCUT2D eigenvalue weighted by molar-refractivity contribution is 0.102. The molecule has 0 saturated carbocycles. The quantitative estimate of drug-likeness (QED) is 0.430. The predicted molar refractivity (Wildman–Crippen MR) is 120 cm³/mol. The minimum absolute atomic E-state index is 0.0545. The first-order valence-electron chi connectivity index (χ1n) is 9.26. The van der Waals surface area contributed by atoms with Crippen LogP contribution in [0.15, 0.2) is 82.6 Å². The average molecular weight is 476 g/mol. The van der Waals surface area contributed by atoms with Gasteiger partial charge in [0.05, 0.1) is 16.9 Å². The number of aryl methyl sites for hydroxylation is 1. The van der Waals surface area contributed by atoms with E-state index in [0.29, 0.717) is 11.4 Å². The molecule has 0 aliphatic carbocycles. The van der Waals surface area contributed by atoms with E-state index in [2.05, 4.69) is 14.9 Å². The fraction of sp³-hybridized carbons (Fsp3) is 0.0952. The number of hydrogen-bond donors (Lipinski definition) is 3. The number of carbonyl (C=O) groups excluding carboxylic acids is 1. The van der Waals surface area contributed by atoms with Gasteiger partial charge in [0.1, 0.15) is 0 Å². The lowest BCUT2D eigenvalue weighted by atomic mass is 10.2. The number of amides is 1. The lowest BCUT2D eigenvalue weighted by Crippen LogP contribution is -2.22. The zero-order valence-electron chi connectivity index (χ0n) is 17.2. The Kier molecular flexibility index (Phi) is 6.94. The normalized spacial score (nSPS) is 11.7. The van der Waals surface area contributed by atoms with Gasteiger partial charge in [-0.2, -0.15) is 0 Å². The summed E-state index contributed by atoms with van der Waals surface area (Å²) >= 11 is 0. The molecule has 11 heteroatoms. The molecule has 3 rings (SSSR count). The van der Waals surface area contributed by atoms with Crippen molar-refractivity contribution in [2.75, 3.05) is 17.1 Å². The molecule has 0 aliphatic heterocycles. The SMILES string of the molecule is CONS(=O)(=O)c1ccc(C(=O)Nc2ccc(NS(=O)(=O)c3ccc(C)cc3)cc2)cc1. The highest BCUT2D eigenvalue weighted by atomic mass is 32.2. The first kappa shape index (κ1) is 23.4. The maximum Gasteiger partial charge on any atom is 0.262 e. The second kappa shape index (κ2) is 9.49. The lowest BCUT2D eigenvalue weighted by Gasteiger charge is -2.10. The van der Waals surface area contributed by atoms with E-state index in [0.717, 1.165) is 5.56 Å². The Bertz CT molecular complexity index is 1300. The minimum atomic E-state index is -3.81. The van der Waals surface area contributed by atoms with E-state index in [1.54, 1.807) is 24.3 Å². The first-order valence-corrected chi connectivity index (χ1v) is 12.2. The standard InChI is InChI=1S/C21H21N3O6S2/c1-15-3-11-19(12-4-15)31(26,27)23-18-9-7-17(8-10-18)22-21(25)16-5-13-20(14-6-16)32(28,29)24-30-2/h3-14,23-24H,1-2H3,(H,22,25). The van der Waals surface area contributed by atoms with Gasteiger partial charge in [-0.05, 0) is 67.6 Å².